The van der Waals surface area contributed by atoms with Crippen molar-refractivity contribution in [1.29, 1.82) is 5.26 Å². The molecule has 0 amide bonds. The molecule has 0 bridgehead atoms. The third kappa shape index (κ3) is 3.33. The van der Waals surface area contributed by atoms with E-state index in [4.69, 9.17) is 14.7 Å². The molecular weight excluding hydrogens is 531 g/mol. The summed E-state index contributed by atoms with van der Waals surface area (Å²) in [5.74, 6) is -2.74. The van der Waals surface area contributed by atoms with E-state index in [1.165, 1.54) is 37.3 Å². The van der Waals surface area contributed by atoms with Crippen molar-refractivity contribution in [2.75, 3.05) is 5.75 Å². The number of carbonyl (C=O) groups excluding carboxylic acids is 2. The molecule has 6 nitrogen and oxygen atoms in total. The Labute approximate surface area is 228 Å². The summed E-state index contributed by atoms with van der Waals surface area (Å²) in [6.45, 7) is 3.25. The summed E-state index contributed by atoms with van der Waals surface area (Å²) in [6.07, 6.45) is -1.83. The van der Waals surface area contributed by atoms with Gasteiger partial charge in [0.2, 0.25) is 5.12 Å². The number of hydrogen-bond acceptors (Lipinski definition) is 7. The number of thioether (sulfide) groups is 1. The first-order chi connectivity index (χ1) is 18.4. The topological polar surface area (TPSA) is 96.6 Å². The van der Waals surface area contributed by atoms with Gasteiger partial charge in [-0.1, -0.05) is 36.9 Å². The predicted molar refractivity (Wildman–Crippen MR) is 135 cm³/mol. The average molecular weight is 560 g/mol. The summed E-state index contributed by atoms with van der Waals surface area (Å²) in [7, 11) is 0. The number of fused-ring (bicyclic) bond motifs is 7. The van der Waals surface area contributed by atoms with Gasteiger partial charge in [-0.3, -0.25) is 9.59 Å². The number of allylic oxidation sites excluding steroid dienone is 4. The Morgan fingerprint density at radius 3 is 2.77 bits per heavy atom. The molecule has 10 heteroatoms. The van der Waals surface area contributed by atoms with Gasteiger partial charge in [-0.25, -0.2) is 13.2 Å². The first-order valence-corrected chi connectivity index (χ1v) is 14.0. The van der Waals surface area contributed by atoms with Crippen LogP contribution in [0.25, 0.3) is 0 Å². The molecular formula is C29H28F3NO5S. The minimum Gasteiger partial charge on any atom is -0.390 e. The Bertz CT molecular complexity index is 1360. The number of ketones is 1. The molecule has 1 heterocycles. The fourth-order valence-electron chi connectivity index (χ4n) is 8.30. The van der Waals surface area contributed by atoms with Crippen molar-refractivity contribution in [1.82, 2.24) is 0 Å². The van der Waals surface area contributed by atoms with Crippen LogP contribution in [0.5, 0.6) is 0 Å². The van der Waals surface area contributed by atoms with Crippen LogP contribution in [0.15, 0.2) is 48.1 Å². The lowest BCUT2D eigenvalue weighted by Crippen LogP contribution is -2.70. The second-order valence-corrected chi connectivity index (χ2v) is 12.6. The molecule has 5 aliphatic rings. The van der Waals surface area contributed by atoms with Crippen LogP contribution in [0.3, 0.4) is 0 Å². The zero-order valence-corrected chi connectivity index (χ0v) is 22.2. The highest BCUT2D eigenvalue weighted by atomic mass is 32.2. The molecule has 1 saturated heterocycles. The lowest BCUT2D eigenvalue weighted by atomic mass is 9.44. The number of rotatable bonds is 3. The quantitative estimate of drug-likeness (QED) is 0.574. The van der Waals surface area contributed by atoms with Gasteiger partial charge < -0.3 is 14.6 Å². The van der Waals surface area contributed by atoms with Crippen molar-refractivity contribution < 1.29 is 37.3 Å². The Hall–Kier alpha value is -2.45. The summed E-state index contributed by atoms with van der Waals surface area (Å²) >= 11 is 0.757. The number of benzene rings is 1. The first kappa shape index (κ1) is 26.8. The summed E-state index contributed by atoms with van der Waals surface area (Å²) in [6, 6.07) is 7.55. The van der Waals surface area contributed by atoms with Gasteiger partial charge in [0.05, 0.1) is 24.0 Å². The van der Waals surface area contributed by atoms with Crippen LogP contribution < -0.4 is 0 Å². The first-order valence-electron chi connectivity index (χ1n) is 13.0. The number of ether oxygens (including phenoxy) is 2. The van der Waals surface area contributed by atoms with Gasteiger partial charge >= 0.3 is 0 Å². The number of halogens is 3. The molecule has 10 atom stereocenters. The number of nitriles is 1. The van der Waals surface area contributed by atoms with E-state index < -0.39 is 75.3 Å². The maximum Gasteiger partial charge on any atom is 0.225 e. The molecule has 206 valence electrons. The van der Waals surface area contributed by atoms with E-state index >= 15 is 8.78 Å². The molecule has 0 radical (unpaired) electrons. The molecule has 1 N–H and O–H groups in total. The monoisotopic (exact) mass is 559 g/mol. The van der Waals surface area contributed by atoms with Crippen molar-refractivity contribution in [2.45, 2.75) is 69.0 Å². The van der Waals surface area contributed by atoms with E-state index in [2.05, 4.69) is 0 Å². The fourth-order valence-corrected chi connectivity index (χ4v) is 9.13. The number of hydrogen-bond donors (Lipinski definition) is 1. The highest BCUT2D eigenvalue weighted by molar-refractivity contribution is 8.14. The Morgan fingerprint density at radius 2 is 2.05 bits per heavy atom. The highest BCUT2D eigenvalue weighted by Gasteiger charge is 2.80. The molecule has 7 unspecified atom stereocenters. The van der Waals surface area contributed by atoms with E-state index in [0.29, 0.717) is 5.56 Å². The van der Waals surface area contributed by atoms with E-state index in [-0.39, 0.29) is 30.6 Å². The molecule has 1 aliphatic heterocycles. The fraction of sp³-hybridized carbons (Fsp3) is 0.552. The third-order valence-electron chi connectivity index (χ3n) is 10.1. The van der Waals surface area contributed by atoms with Crippen molar-refractivity contribution in [3.8, 4) is 6.07 Å². The number of alkyl halides is 2. The van der Waals surface area contributed by atoms with Crippen molar-refractivity contribution in [2.24, 2.45) is 22.7 Å². The Morgan fingerprint density at radius 1 is 1.28 bits per heavy atom. The van der Waals surface area contributed by atoms with Gasteiger partial charge in [0.1, 0.15) is 12.0 Å². The van der Waals surface area contributed by atoms with Gasteiger partial charge in [-0.2, -0.15) is 5.26 Å². The maximum atomic E-state index is 17.5. The van der Waals surface area contributed by atoms with Crippen molar-refractivity contribution in [3.63, 3.8) is 0 Å². The van der Waals surface area contributed by atoms with Crippen molar-refractivity contribution >= 4 is 22.7 Å². The molecule has 0 aromatic heterocycles. The molecule has 6 rings (SSSR count). The smallest absolute Gasteiger partial charge is 0.225 e. The third-order valence-corrected chi connectivity index (χ3v) is 10.9. The minimum atomic E-state index is -2.31. The molecule has 0 spiro atoms. The molecule has 3 saturated carbocycles. The summed E-state index contributed by atoms with van der Waals surface area (Å²) in [5.41, 5.74) is -6.36. The molecule has 1 aromatic rings. The van der Waals surface area contributed by atoms with Crippen LogP contribution >= 0.6 is 11.8 Å². The van der Waals surface area contributed by atoms with Gasteiger partial charge in [0.25, 0.3) is 0 Å². The maximum absolute atomic E-state index is 17.5. The lowest BCUT2D eigenvalue weighted by molar-refractivity contribution is -0.232. The highest BCUT2D eigenvalue weighted by Crippen LogP contribution is 2.73. The van der Waals surface area contributed by atoms with E-state index in [1.807, 2.05) is 6.07 Å². The summed E-state index contributed by atoms with van der Waals surface area (Å²) in [5, 5.41) is 20.3. The van der Waals surface area contributed by atoms with Gasteiger partial charge in [-0.05, 0) is 62.0 Å². The number of nitrogens with zero attached hydrogens (tertiary/aromatic N) is 1. The number of carbonyl (C=O) groups is 2. The molecule has 39 heavy (non-hydrogen) atoms. The predicted octanol–water partition coefficient (Wildman–Crippen LogP) is 4.69. The van der Waals surface area contributed by atoms with Gasteiger partial charge in [0.15, 0.2) is 23.3 Å². The van der Waals surface area contributed by atoms with E-state index in [9.17, 15) is 19.1 Å². The Kier molecular flexibility index (Phi) is 6.02. The van der Waals surface area contributed by atoms with E-state index in [0.717, 1.165) is 17.8 Å². The molecule has 1 aromatic carbocycles. The SMILES string of the molecule is CC12CC(O)[C@@]3(F)C(C[C@H](F)C4=CC(=O)C=CC43C)C1C[C@H]1OC(c3cccc(F)c3)OC12C(=O)SCC#N. The minimum absolute atomic E-state index is 0.0172. The van der Waals surface area contributed by atoms with Crippen LogP contribution in [0, 0.1) is 39.8 Å². The van der Waals surface area contributed by atoms with Crippen LogP contribution in [-0.2, 0) is 19.1 Å². The normalized spacial score (nSPS) is 46.0. The standard InChI is InChI=1S/C29H28F3NO5S/c1-26-7-6-17(34)11-20(26)21(31)12-19-18-13-23-29(25(36)39-9-8-33,27(18,2)14-22(35)28(19,26)32)38-24(37-23)15-4-3-5-16(30)10-15/h3-7,10-11,18-19,21-24,35H,9,12-14H2,1-2H3/t18?,19?,21-,22?,23+,24?,26?,27?,28-,29?/m0/s1. The zero-order valence-electron chi connectivity index (χ0n) is 21.4. The number of aliphatic hydroxyl groups is 1. The van der Waals surface area contributed by atoms with Crippen LogP contribution in [-0.4, -0.2) is 51.4 Å². The van der Waals surface area contributed by atoms with E-state index in [1.54, 1.807) is 13.0 Å². The van der Waals surface area contributed by atoms with Crippen LogP contribution in [0.1, 0.15) is 45.0 Å². The lowest BCUT2D eigenvalue weighted by Gasteiger charge is -2.63. The van der Waals surface area contributed by atoms with Gasteiger partial charge in [-0.15, -0.1) is 0 Å². The Balaban J connectivity index is 1.45. The summed E-state index contributed by atoms with van der Waals surface area (Å²) in [4.78, 5) is 25.9. The van der Waals surface area contributed by atoms with Crippen molar-refractivity contribution in [3.05, 3.63) is 59.4 Å². The molecule has 4 aliphatic carbocycles. The second kappa shape index (κ2) is 8.77. The summed E-state index contributed by atoms with van der Waals surface area (Å²) < 4.78 is 59.8. The largest absolute Gasteiger partial charge is 0.390 e. The van der Waals surface area contributed by atoms with Crippen LogP contribution in [0.2, 0.25) is 0 Å². The molecule has 4 fully saturated rings. The average Bonchev–Trinajstić information content (AvgIpc) is 3.39. The van der Waals surface area contributed by atoms with Gasteiger partial charge in [0, 0.05) is 22.3 Å². The second-order valence-electron chi connectivity index (χ2n) is 11.7. The zero-order chi connectivity index (χ0) is 28.0. The number of aliphatic hydroxyl groups excluding tert-OH is 1. The van der Waals surface area contributed by atoms with Crippen LogP contribution in [0.4, 0.5) is 13.2 Å².